The van der Waals surface area contributed by atoms with Crippen LogP contribution in [-0.2, 0) is 0 Å². The first-order chi connectivity index (χ1) is 7.22. The fourth-order valence-corrected chi connectivity index (χ4v) is 3.77. The van der Waals surface area contributed by atoms with Crippen LogP contribution >= 0.6 is 0 Å². The van der Waals surface area contributed by atoms with Gasteiger partial charge in [0.25, 0.3) is 0 Å². The van der Waals surface area contributed by atoms with E-state index in [1.165, 1.54) is 31.4 Å². The second kappa shape index (κ2) is 3.15. The third kappa shape index (κ3) is 1.48. The van der Waals surface area contributed by atoms with Gasteiger partial charge in [-0.15, -0.1) is 0 Å². The number of primary amides is 1. The topological polar surface area (TPSA) is 67.2 Å². The second-order valence-corrected chi connectivity index (χ2v) is 5.17. The van der Waals surface area contributed by atoms with Crippen molar-refractivity contribution in [2.45, 2.75) is 25.7 Å². The van der Waals surface area contributed by atoms with Gasteiger partial charge in [-0.1, -0.05) is 6.08 Å². The van der Waals surface area contributed by atoms with Crippen molar-refractivity contribution in [2.75, 3.05) is 0 Å². The van der Waals surface area contributed by atoms with Crippen molar-refractivity contribution in [3.8, 4) is 0 Å². The monoisotopic (exact) mass is 207 g/mol. The second-order valence-electron chi connectivity index (χ2n) is 5.17. The van der Waals surface area contributed by atoms with Crippen molar-refractivity contribution in [2.24, 2.45) is 29.4 Å². The molecule has 4 N–H and O–H groups in total. The fourth-order valence-electron chi connectivity index (χ4n) is 3.77. The number of hydrogen-bond donors (Lipinski definition) is 3. The average Bonchev–Trinajstić information content (AvgIpc) is 2.40. The minimum Gasteiger partial charge on any atom is -0.350 e. The maximum absolute atomic E-state index is 10.6. The molecule has 2 amide bonds. The Bertz CT molecular complexity index is 324. The van der Waals surface area contributed by atoms with Gasteiger partial charge in [-0.05, 0) is 43.4 Å². The maximum atomic E-state index is 10.6. The summed E-state index contributed by atoms with van der Waals surface area (Å²) in [5, 5.41) is 0. The number of rotatable bonds is 2. The Kier molecular flexibility index (Phi) is 1.90. The van der Waals surface area contributed by atoms with Crippen LogP contribution < -0.4 is 16.6 Å². The molecule has 3 aliphatic carbocycles. The molecule has 4 heteroatoms. The molecular weight excluding hydrogens is 190 g/mol. The highest BCUT2D eigenvalue weighted by Crippen LogP contribution is 2.53. The molecule has 2 fully saturated rings. The molecule has 3 rings (SSSR count). The molecule has 4 atom stereocenters. The number of carbonyl (C=O) groups is 1. The van der Waals surface area contributed by atoms with Gasteiger partial charge in [-0.2, -0.15) is 0 Å². The van der Waals surface area contributed by atoms with Crippen molar-refractivity contribution in [1.29, 1.82) is 0 Å². The predicted molar refractivity (Wildman–Crippen MR) is 56.4 cm³/mol. The van der Waals surface area contributed by atoms with E-state index in [0.717, 1.165) is 17.8 Å². The third-order valence-corrected chi connectivity index (χ3v) is 4.18. The minimum absolute atomic E-state index is 0.511. The number of carbonyl (C=O) groups excluding carboxylic acids is 1. The summed E-state index contributed by atoms with van der Waals surface area (Å²) in [5.41, 5.74) is 11.7. The van der Waals surface area contributed by atoms with Crippen LogP contribution in [0, 0.1) is 23.7 Å². The van der Waals surface area contributed by atoms with Crippen LogP contribution in [0.15, 0.2) is 11.8 Å². The molecule has 0 aromatic rings. The van der Waals surface area contributed by atoms with Crippen molar-refractivity contribution in [3.63, 3.8) is 0 Å². The van der Waals surface area contributed by atoms with E-state index in [0.29, 0.717) is 5.92 Å². The summed E-state index contributed by atoms with van der Waals surface area (Å²) in [5.74, 6) is 3.13. The van der Waals surface area contributed by atoms with E-state index in [1.807, 2.05) is 0 Å². The smallest absolute Gasteiger partial charge is 0.330 e. The molecule has 3 bridgehead atoms. The Morgan fingerprint density at radius 2 is 2.20 bits per heavy atom. The number of hydrazine groups is 1. The van der Waals surface area contributed by atoms with E-state index in [1.54, 1.807) is 0 Å². The Hall–Kier alpha value is -1.19. The van der Waals surface area contributed by atoms with Gasteiger partial charge in [-0.3, -0.25) is 5.43 Å². The molecule has 4 nitrogen and oxygen atoms in total. The average molecular weight is 207 g/mol. The normalized spacial score (nSPS) is 41.2. The van der Waals surface area contributed by atoms with Gasteiger partial charge in [0.15, 0.2) is 0 Å². The maximum Gasteiger partial charge on any atom is 0.330 e. The number of urea groups is 1. The summed E-state index contributed by atoms with van der Waals surface area (Å²) in [4.78, 5) is 10.6. The summed E-state index contributed by atoms with van der Waals surface area (Å²) in [6.07, 6.45) is 7.67. The first-order valence-electron chi connectivity index (χ1n) is 5.75. The Labute approximate surface area is 89.3 Å². The first kappa shape index (κ1) is 9.07. The highest BCUT2D eigenvalue weighted by Gasteiger charge is 2.45. The number of allylic oxidation sites excluding steroid dienone is 2. The molecular formula is C11H17N3O. The van der Waals surface area contributed by atoms with Crippen LogP contribution in [0.2, 0.25) is 0 Å². The molecule has 82 valence electrons. The van der Waals surface area contributed by atoms with E-state index >= 15 is 0 Å². The van der Waals surface area contributed by atoms with E-state index in [2.05, 4.69) is 16.9 Å². The molecule has 0 aliphatic heterocycles. The van der Waals surface area contributed by atoms with Gasteiger partial charge in [0.1, 0.15) is 0 Å². The lowest BCUT2D eigenvalue weighted by Gasteiger charge is -2.33. The molecule has 0 unspecified atom stereocenters. The fraction of sp³-hybridized carbons (Fsp3) is 0.727. The molecule has 0 saturated heterocycles. The van der Waals surface area contributed by atoms with Gasteiger partial charge in [0, 0.05) is 11.6 Å². The zero-order valence-corrected chi connectivity index (χ0v) is 8.70. The van der Waals surface area contributed by atoms with Gasteiger partial charge in [0.2, 0.25) is 0 Å². The quantitative estimate of drug-likeness (QED) is 0.594. The van der Waals surface area contributed by atoms with Crippen LogP contribution in [0.3, 0.4) is 0 Å². The highest BCUT2D eigenvalue weighted by atomic mass is 16.2. The number of fused-ring (bicyclic) bond motifs is 2. The van der Waals surface area contributed by atoms with Crippen LogP contribution in [-0.4, -0.2) is 6.03 Å². The van der Waals surface area contributed by atoms with Crippen molar-refractivity contribution < 1.29 is 4.79 Å². The summed E-state index contributed by atoms with van der Waals surface area (Å²) >= 11 is 0. The summed E-state index contributed by atoms with van der Waals surface area (Å²) in [6, 6.07) is -0.511. The van der Waals surface area contributed by atoms with Gasteiger partial charge in [0.05, 0.1) is 0 Å². The van der Waals surface area contributed by atoms with Crippen LogP contribution in [0.25, 0.3) is 0 Å². The zero-order valence-electron chi connectivity index (χ0n) is 8.70. The number of hydrogen-bond acceptors (Lipinski definition) is 2. The first-order valence-corrected chi connectivity index (χ1v) is 5.75. The zero-order chi connectivity index (χ0) is 10.4. The molecule has 15 heavy (non-hydrogen) atoms. The SMILES string of the molecule is NC(=O)NNC1=C[C@@H]2C[C@H]3C[C@H](C2)[C@@H]1C3. The van der Waals surface area contributed by atoms with Gasteiger partial charge < -0.3 is 11.2 Å². The lowest BCUT2D eigenvalue weighted by Crippen LogP contribution is -2.43. The van der Waals surface area contributed by atoms with E-state index in [9.17, 15) is 4.79 Å². The highest BCUT2D eigenvalue weighted by molar-refractivity contribution is 5.71. The Morgan fingerprint density at radius 1 is 1.33 bits per heavy atom. The lowest BCUT2D eigenvalue weighted by atomic mass is 9.75. The standard InChI is InChI=1S/C11H17N3O/c12-11(15)14-13-10-5-7-1-6-2-8(3-7)9(10)4-6/h5-9,13H,1-4H2,(H3,12,14,15)/t6-,7+,8+,9-/m0/s1. The van der Waals surface area contributed by atoms with Crippen molar-refractivity contribution >= 4 is 6.03 Å². The molecule has 0 aromatic carbocycles. The largest absolute Gasteiger partial charge is 0.350 e. The van der Waals surface area contributed by atoms with E-state index < -0.39 is 6.03 Å². The molecule has 0 aromatic heterocycles. The molecule has 3 aliphatic rings. The lowest BCUT2D eigenvalue weighted by molar-refractivity contribution is 0.240. The van der Waals surface area contributed by atoms with Crippen LogP contribution in [0.4, 0.5) is 4.79 Å². The summed E-state index contributed by atoms with van der Waals surface area (Å²) in [7, 11) is 0. The molecule has 0 heterocycles. The predicted octanol–water partition coefficient (Wildman–Crippen LogP) is 1.11. The third-order valence-electron chi connectivity index (χ3n) is 4.18. The van der Waals surface area contributed by atoms with Crippen molar-refractivity contribution in [1.82, 2.24) is 10.9 Å². The molecule has 0 spiro atoms. The van der Waals surface area contributed by atoms with E-state index in [4.69, 9.17) is 5.73 Å². The number of nitrogens with one attached hydrogen (secondary N) is 2. The summed E-state index contributed by atoms with van der Waals surface area (Å²) < 4.78 is 0. The summed E-state index contributed by atoms with van der Waals surface area (Å²) in [6.45, 7) is 0. The minimum atomic E-state index is -0.511. The molecule has 0 radical (unpaired) electrons. The van der Waals surface area contributed by atoms with E-state index in [-0.39, 0.29) is 0 Å². The van der Waals surface area contributed by atoms with Gasteiger partial charge >= 0.3 is 6.03 Å². The van der Waals surface area contributed by atoms with Crippen molar-refractivity contribution in [3.05, 3.63) is 11.8 Å². The Balaban J connectivity index is 1.76. The number of nitrogens with two attached hydrogens (primary N) is 1. The Morgan fingerprint density at radius 3 is 3.00 bits per heavy atom. The number of amides is 2. The van der Waals surface area contributed by atoms with Crippen LogP contribution in [0.5, 0.6) is 0 Å². The van der Waals surface area contributed by atoms with Crippen LogP contribution in [0.1, 0.15) is 25.7 Å². The molecule has 2 saturated carbocycles. The van der Waals surface area contributed by atoms with Gasteiger partial charge in [-0.25, -0.2) is 4.79 Å².